The third-order valence-corrected chi connectivity index (χ3v) is 5.92. The first-order valence-electron chi connectivity index (χ1n) is 10.6. The van der Waals surface area contributed by atoms with Crippen molar-refractivity contribution >= 4 is 39.3 Å². The van der Waals surface area contributed by atoms with Crippen LogP contribution in [-0.2, 0) is 16.1 Å². The summed E-state index contributed by atoms with van der Waals surface area (Å²) in [5.74, 6) is 0.141. The Kier molecular flexibility index (Phi) is 10.3. The Hall–Kier alpha value is -2.05. The van der Waals surface area contributed by atoms with Crippen LogP contribution < -0.4 is 10.1 Å². The maximum absolute atomic E-state index is 13.2. The molecule has 1 atom stereocenters. The quantitative estimate of drug-likeness (QED) is 0.406. The van der Waals surface area contributed by atoms with Crippen LogP contribution in [0.3, 0.4) is 0 Å². The first-order valence-corrected chi connectivity index (χ1v) is 11.7. The molecular formula is C24H30BrClN2O3. The summed E-state index contributed by atoms with van der Waals surface area (Å²) < 4.78 is 6.42. The molecule has 2 amide bonds. The van der Waals surface area contributed by atoms with Gasteiger partial charge in [0, 0.05) is 18.1 Å². The van der Waals surface area contributed by atoms with Crippen molar-refractivity contribution in [2.24, 2.45) is 0 Å². The Balaban J connectivity index is 2.21. The average molecular weight is 510 g/mol. The van der Waals surface area contributed by atoms with Crippen molar-refractivity contribution in [3.05, 3.63) is 63.1 Å². The highest BCUT2D eigenvalue weighted by molar-refractivity contribution is 9.10. The van der Waals surface area contributed by atoms with Crippen molar-refractivity contribution in [1.29, 1.82) is 0 Å². The Morgan fingerprint density at radius 2 is 1.94 bits per heavy atom. The van der Waals surface area contributed by atoms with E-state index >= 15 is 0 Å². The van der Waals surface area contributed by atoms with Crippen LogP contribution in [0, 0.1) is 6.92 Å². The number of carbonyl (C=O) groups excluding carboxylic acids is 2. The molecule has 1 N–H and O–H groups in total. The smallest absolute Gasteiger partial charge is 0.261 e. The van der Waals surface area contributed by atoms with E-state index in [9.17, 15) is 9.59 Å². The van der Waals surface area contributed by atoms with E-state index in [0.29, 0.717) is 34.8 Å². The summed E-state index contributed by atoms with van der Waals surface area (Å²) in [5, 5.41) is 3.53. The van der Waals surface area contributed by atoms with E-state index in [-0.39, 0.29) is 18.4 Å². The first kappa shape index (κ1) is 25.2. The zero-order chi connectivity index (χ0) is 22.8. The largest absolute Gasteiger partial charge is 0.483 e. The van der Waals surface area contributed by atoms with Crippen LogP contribution in [0.5, 0.6) is 5.75 Å². The number of rotatable bonds is 11. The van der Waals surface area contributed by atoms with Gasteiger partial charge in [0.25, 0.3) is 5.91 Å². The molecule has 0 saturated carbocycles. The van der Waals surface area contributed by atoms with Gasteiger partial charge < -0.3 is 15.0 Å². The van der Waals surface area contributed by atoms with E-state index in [1.165, 1.54) is 0 Å². The van der Waals surface area contributed by atoms with E-state index < -0.39 is 6.04 Å². The molecular weight excluding hydrogens is 480 g/mol. The fourth-order valence-corrected chi connectivity index (χ4v) is 4.01. The Morgan fingerprint density at radius 1 is 1.19 bits per heavy atom. The van der Waals surface area contributed by atoms with Crippen molar-refractivity contribution in [2.45, 2.75) is 52.6 Å². The number of nitrogens with zero attached hydrogens (tertiary/aromatic N) is 1. The number of carbonyl (C=O) groups is 2. The van der Waals surface area contributed by atoms with Crippen LogP contribution in [-0.4, -0.2) is 35.9 Å². The minimum atomic E-state index is -0.568. The number of hydrogen-bond donors (Lipinski definition) is 1. The molecule has 2 aromatic carbocycles. The van der Waals surface area contributed by atoms with Gasteiger partial charge in [0.05, 0.1) is 4.47 Å². The minimum absolute atomic E-state index is 0.134. The molecule has 0 aliphatic carbocycles. The molecule has 0 bridgehead atoms. The number of hydrogen-bond acceptors (Lipinski definition) is 3. The monoisotopic (exact) mass is 508 g/mol. The van der Waals surface area contributed by atoms with Gasteiger partial charge in [0.1, 0.15) is 11.8 Å². The minimum Gasteiger partial charge on any atom is -0.483 e. The third-order valence-electron chi connectivity index (χ3n) is 5.06. The second-order valence-electron chi connectivity index (χ2n) is 7.38. The number of benzene rings is 2. The maximum Gasteiger partial charge on any atom is 0.261 e. The number of aryl methyl sites for hydroxylation is 1. The van der Waals surface area contributed by atoms with Gasteiger partial charge >= 0.3 is 0 Å². The van der Waals surface area contributed by atoms with E-state index in [1.807, 2.05) is 38.1 Å². The van der Waals surface area contributed by atoms with Gasteiger partial charge in [0.15, 0.2) is 6.61 Å². The Bertz CT molecular complexity index is 891. The second-order valence-corrected chi connectivity index (χ2v) is 8.67. The molecule has 5 nitrogen and oxygen atoms in total. The fourth-order valence-electron chi connectivity index (χ4n) is 3.21. The summed E-state index contributed by atoms with van der Waals surface area (Å²) in [6.45, 7) is 6.76. The SMILES string of the molecule is CCCCNC(=O)[C@H](CC)N(Cc1ccccc1C)C(=O)COc1ccc(Cl)cc1Br. The van der Waals surface area contributed by atoms with E-state index in [1.54, 1.807) is 23.1 Å². The first-order chi connectivity index (χ1) is 14.9. The van der Waals surface area contributed by atoms with E-state index in [4.69, 9.17) is 16.3 Å². The molecule has 0 radical (unpaired) electrons. The number of nitrogens with one attached hydrogen (secondary N) is 1. The molecule has 2 rings (SSSR count). The second kappa shape index (κ2) is 12.7. The molecule has 7 heteroatoms. The number of amides is 2. The highest BCUT2D eigenvalue weighted by Crippen LogP contribution is 2.28. The molecule has 0 saturated heterocycles. The predicted octanol–water partition coefficient (Wildman–Crippen LogP) is 5.51. The van der Waals surface area contributed by atoms with Crippen molar-refractivity contribution in [3.8, 4) is 5.75 Å². The van der Waals surface area contributed by atoms with Gasteiger partial charge in [-0.25, -0.2) is 0 Å². The van der Waals surface area contributed by atoms with E-state index in [0.717, 1.165) is 24.0 Å². The highest BCUT2D eigenvalue weighted by Gasteiger charge is 2.29. The lowest BCUT2D eigenvalue weighted by molar-refractivity contribution is -0.143. The summed E-state index contributed by atoms with van der Waals surface area (Å²) in [6.07, 6.45) is 2.41. The molecule has 0 fully saturated rings. The molecule has 31 heavy (non-hydrogen) atoms. The van der Waals surface area contributed by atoms with Crippen LogP contribution in [0.1, 0.15) is 44.2 Å². The predicted molar refractivity (Wildman–Crippen MR) is 128 cm³/mol. The number of unbranched alkanes of at least 4 members (excludes halogenated alkanes) is 1. The summed E-state index contributed by atoms with van der Waals surface area (Å²) in [4.78, 5) is 27.7. The van der Waals surface area contributed by atoms with E-state index in [2.05, 4.69) is 28.2 Å². The Labute approximate surface area is 198 Å². The van der Waals surface area contributed by atoms with Gasteiger partial charge in [0.2, 0.25) is 5.91 Å². The lowest BCUT2D eigenvalue weighted by Crippen LogP contribution is -2.50. The molecule has 0 aromatic heterocycles. The van der Waals surface area contributed by atoms with Crippen LogP contribution in [0.25, 0.3) is 0 Å². The molecule has 0 unspecified atom stereocenters. The van der Waals surface area contributed by atoms with Crippen LogP contribution >= 0.6 is 27.5 Å². The molecule has 0 aliphatic rings. The lowest BCUT2D eigenvalue weighted by Gasteiger charge is -2.31. The molecule has 0 aliphatic heterocycles. The molecule has 2 aromatic rings. The van der Waals surface area contributed by atoms with Crippen LogP contribution in [0.4, 0.5) is 0 Å². The maximum atomic E-state index is 13.2. The lowest BCUT2D eigenvalue weighted by atomic mass is 10.1. The van der Waals surface area contributed by atoms with Gasteiger partial charge in [-0.3, -0.25) is 9.59 Å². The molecule has 0 heterocycles. The summed E-state index contributed by atoms with van der Waals surface area (Å²) >= 11 is 9.38. The van der Waals surface area contributed by atoms with Crippen molar-refractivity contribution in [3.63, 3.8) is 0 Å². The van der Waals surface area contributed by atoms with Gasteiger partial charge in [-0.15, -0.1) is 0 Å². The zero-order valence-corrected chi connectivity index (χ0v) is 20.6. The average Bonchev–Trinajstić information content (AvgIpc) is 2.74. The zero-order valence-electron chi connectivity index (χ0n) is 18.3. The van der Waals surface area contributed by atoms with Gasteiger partial charge in [-0.2, -0.15) is 0 Å². The molecule has 168 valence electrons. The topological polar surface area (TPSA) is 58.6 Å². The summed E-state index contributed by atoms with van der Waals surface area (Å²) in [6, 6.07) is 12.4. The number of halogens is 2. The Morgan fingerprint density at radius 3 is 2.58 bits per heavy atom. The molecule has 0 spiro atoms. The van der Waals surface area contributed by atoms with Gasteiger partial charge in [-0.1, -0.05) is 56.1 Å². The summed E-state index contributed by atoms with van der Waals surface area (Å²) in [5.41, 5.74) is 2.08. The highest BCUT2D eigenvalue weighted by atomic mass is 79.9. The fraction of sp³-hybridized carbons (Fsp3) is 0.417. The number of ether oxygens (including phenoxy) is 1. The summed E-state index contributed by atoms with van der Waals surface area (Å²) in [7, 11) is 0. The van der Waals surface area contributed by atoms with Crippen molar-refractivity contribution in [2.75, 3.05) is 13.2 Å². The van der Waals surface area contributed by atoms with Crippen LogP contribution in [0.15, 0.2) is 46.9 Å². The van der Waals surface area contributed by atoms with Crippen LogP contribution in [0.2, 0.25) is 5.02 Å². The van der Waals surface area contributed by atoms with Crippen molar-refractivity contribution < 1.29 is 14.3 Å². The van der Waals surface area contributed by atoms with Gasteiger partial charge in [-0.05, 0) is 65.0 Å². The van der Waals surface area contributed by atoms with Crippen molar-refractivity contribution in [1.82, 2.24) is 10.2 Å². The normalized spacial score (nSPS) is 11.6. The third kappa shape index (κ3) is 7.54. The standard InChI is InChI=1S/C24H30BrClN2O3/c1-4-6-13-27-24(30)21(5-2)28(15-18-10-8-7-9-17(18)3)23(29)16-31-22-12-11-19(26)14-20(22)25/h7-12,14,21H,4-6,13,15-16H2,1-3H3,(H,27,30)/t21-/m0/s1.